The summed E-state index contributed by atoms with van der Waals surface area (Å²) in [6.07, 6.45) is 7.16. The Balaban J connectivity index is 1.77. The van der Waals surface area contributed by atoms with Gasteiger partial charge in [0, 0.05) is 6.54 Å². The molecule has 37 heavy (non-hydrogen) atoms. The Morgan fingerprint density at radius 2 is 1.27 bits per heavy atom. The highest BCUT2D eigenvalue weighted by atomic mass is 14.8. The van der Waals surface area contributed by atoms with Gasteiger partial charge in [-0.3, -0.25) is 0 Å². The van der Waals surface area contributed by atoms with Crippen molar-refractivity contribution in [2.75, 3.05) is 6.54 Å². The van der Waals surface area contributed by atoms with Crippen molar-refractivity contribution in [3.8, 4) is 0 Å². The molecule has 0 heterocycles. The van der Waals surface area contributed by atoms with Crippen molar-refractivity contribution < 1.29 is 0 Å². The normalized spacial score (nSPS) is 14.3. The van der Waals surface area contributed by atoms with Gasteiger partial charge in [-0.05, 0) is 89.6 Å². The van der Waals surface area contributed by atoms with Gasteiger partial charge in [-0.15, -0.1) is 0 Å². The monoisotopic (exact) mass is 497 g/mol. The molecule has 3 aromatic rings. The van der Waals surface area contributed by atoms with Crippen molar-refractivity contribution in [1.29, 1.82) is 0 Å². The molecule has 3 aromatic carbocycles. The highest BCUT2D eigenvalue weighted by Crippen LogP contribution is 2.38. The fourth-order valence-corrected chi connectivity index (χ4v) is 5.56. The maximum Gasteiger partial charge on any atom is 0.0205 e. The molecule has 0 amide bonds. The van der Waals surface area contributed by atoms with Gasteiger partial charge in [0.2, 0.25) is 0 Å². The minimum absolute atomic E-state index is 0.322. The second-order valence-corrected chi connectivity index (χ2v) is 12.3. The van der Waals surface area contributed by atoms with Gasteiger partial charge < -0.3 is 5.32 Å². The van der Waals surface area contributed by atoms with E-state index in [9.17, 15) is 0 Å². The predicted octanol–water partition coefficient (Wildman–Crippen LogP) is 10.0. The summed E-state index contributed by atoms with van der Waals surface area (Å²) in [5.74, 6) is 1.65. The lowest BCUT2D eigenvalue weighted by molar-refractivity contribution is 0.411. The van der Waals surface area contributed by atoms with Gasteiger partial charge >= 0.3 is 0 Å². The van der Waals surface area contributed by atoms with E-state index < -0.39 is 0 Å². The molecule has 0 radical (unpaired) electrons. The van der Waals surface area contributed by atoms with Crippen LogP contribution in [-0.4, -0.2) is 6.54 Å². The van der Waals surface area contributed by atoms with E-state index in [1.165, 1.54) is 59.9 Å². The van der Waals surface area contributed by atoms with Crippen LogP contribution in [0.4, 0.5) is 0 Å². The summed E-state index contributed by atoms with van der Waals surface area (Å²) in [6, 6.07) is 30.1. The van der Waals surface area contributed by atoms with E-state index in [4.69, 9.17) is 0 Å². The molecular formula is C36H51N. The molecule has 0 aliphatic heterocycles. The van der Waals surface area contributed by atoms with Gasteiger partial charge in [-0.1, -0.05) is 127 Å². The topological polar surface area (TPSA) is 12.0 Å². The molecule has 0 aliphatic rings. The summed E-state index contributed by atoms with van der Waals surface area (Å²) < 4.78 is 0. The molecule has 0 aliphatic carbocycles. The molecule has 3 unspecified atom stereocenters. The van der Waals surface area contributed by atoms with Crippen molar-refractivity contribution in [1.82, 2.24) is 5.32 Å². The Morgan fingerprint density at radius 3 is 1.86 bits per heavy atom. The lowest BCUT2D eigenvalue weighted by Gasteiger charge is -2.27. The van der Waals surface area contributed by atoms with E-state index in [0.29, 0.717) is 23.2 Å². The highest BCUT2D eigenvalue weighted by molar-refractivity contribution is 5.30. The third-order valence-corrected chi connectivity index (χ3v) is 7.74. The van der Waals surface area contributed by atoms with Gasteiger partial charge in [0.1, 0.15) is 0 Å². The standard InChI is InChI=1S/C36H51N/c1-7-9-23-37-27-30-17-21-34(22-18-30)35(25-31(8-2)33-13-11-10-12-14-33)24-28(3)32-19-15-29(16-20-32)26-36(4,5)6/h10-22,28,31,35,37H,7-9,23-27H2,1-6H3. The maximum absolute atomic E-state index is 3.59. The number of hydrogen-bond acceptors (Lipinski definition) is 1. The molecular weight excluding hydrogens is 446 g/mol. The summed E-state index contributed by atoms with van der Waals surface area (Å²) in [4.78, 5) is 0. The van der Waals surface area contributed by atoms with Crippen molar-refractivity contribution in [2.24, 2.45) is 5.41 Å². The van der Waals surface area contributed by atoms with E-state index in [0.717, 1.165) is 19.5 Å². The van der Waals surface area contributed by atoms with E-state index in [-0.39, 0.29) is 0 Å². The molecule has 200 valence electrons. The first-order valence-corrected chi connectivity index (χ1v) is 14.7. The van der Waals surface area contributed by atoms with Crippen LogP contribution in [0, 0.1) is 5.41 Å². The van der Waals surface area contributed by atoms with Crippen molar-refractivity contribution >= 4 is 0 Å². The Kier molecular flexibility index (Phi) is 11.5. The van der Waals surface area contributed by atoms with E-state index in [1.54, 1.807) is 0 Å². The highest BCUT2D eigenvalue weighted by Gasteiger charge is 2.22. The first-order valence-electron chi connectivity index (χ1n) is 14.7. The van der Waals surface area contributed by atoms with Gasteiger partial charge in [-0.25, -0.2) is 0 Å². The average Bonchev–Trinajstić information content (AvgIpc) is 2.89. The number of unbranched alkanes of at least 4 members (excludes halogenated alkanes) is 1. The number of hydrogen-bond donors (Lipinski definition) is 1. The Morgan fingerprint density at radius 1 is 0.676 bits per heavy atom. The van der Waals surface area contributed by atoms with Crippen LogP contribution in [0.25, 0.3) is 0 Å². The summed E-state index contributed by atoms with van der Waals surface area (Å²) >= 11 is 0. The van der Waals surface area contributed by atoms with Gasteiger partial charge in [-0.2, -0.15) is 0 Å². The summed E-state index contributed by atoms with van der Waals surface area (Å²) in [5.41, 5.74) is 7.58. The molecule has 0 spiro atoms. The fourth-order valence-electron chi connectivity index (χ4n) is 5.56. The van der Waals surface area contributed by atoms with E-state index in [2.05, 4.69) is 126 Å². The zero-order valence-corrected chi connectivity index (χ0v) is 24.4. The molecule has 0 bridgehead atoms. The van der Waals surface area contributed by atoms with E-state index >= 15 is 0 Å². The Labute approximate surface area is 228 Å². The Bertz CT molecular complexity index is 1010. The quantitative estimate of drug-likeness (QED) is 0.218. The maximum atomic E-state index is 3.59. The van der Waals surface area contributed by atoms with Crippen LogP contribution in [0.2, 0.25) is 0 Å². The lowest BCUT2D eigenvalue weighted by atomic mass is 9.78. The number of nitrogens with one attached hydrogen (secondary N) is 1. The van der Waals surface area contributed by atoms with Gasteiger partial charge in [0.05, 0.1) is 0 Å². The van der Waals surface area contributed by atoms with Crippen LogP contribution >= 0.6 is 0 Å². The van der Waals surface area contributed by atoms with Crippen LogP contribution in [0.1, 0.15) is 119 Å². The largest absolute Gasteiger partial charge is 0.313 e. The van der Waals surface area contributed by atoms with Crippen LogP contribution in [0.3, 0.4) is 0 Å². The minimum atomic E-state index is 0.322. The molecule has 1 heteroatoms. The Hall–Kier alpha value is -2.38. The van der Waals surface area contributed by atoms with Crippen LogP contribution in [-0.2, 0) is 13.0 Å². The molecule has 3 atom stereocenters. The second-order valence-electron chi connectivity index (χ2n) is 12.3. The number of rotatable bonds is 14. The first kappa shape index (κ1) is 29.2. The van der Waals surface area contributed by atoms with Crippen LogP contribution in [0.15, 0.2) is 78.9 Å². The van der Waals surface area contributed by atoms with Gasteiger partial charge in [0.15, 0.2) is 0 Å². The second kappa shape index (κ2) is 14.5. The summed E-state index contributed by atoms with van der Waals surface area (Å²) in [6.45, 7) is 16.0. The molecule has 3 rings (SSSR count). The average molecular weight is 498 g/mol. The SMILES string of the molecule is CCCCNCc1ccc(C(CC(C)c2ccc(CC(C)(C)C)cc2)CC(CC)c2ccccc2)cc1. The third-order valence-electron chi connectivity index (χ3n) is 7.74. The molecule has 1 nitrogen and oxygen atoms in total. The first-order chi connectivity index (χ1) is 17.8. The van der Waals surface area contributed by atoms with Crippen molar-refractivity contribution in [2.45, 2.75) is 104 Å². The van der Waals surface area contributed by atoms with Crippen molar-refractivity contribution in [3.05, 3.63) is 107 Å². The molecule has 0 saturated heterocycles. The zero-order chi connectivity index (χ0) is 26.7. The van der Waals surface area contributed by atoms with E-state index in [1.807, 2.05) is 0 Å². The predicted molar refractivity (Wildman–Crippen MR) is 163 cm³/mol. The van der Waals surface area contributed by atoms with Gasteiger partial charge in [0.25, 0.3) is 0 Å². The number of benzene rings is 3. The fraction of sp³-hybridized carbons (Fsp3) is 0.500. The van der Waals surface area contributed by atoms with Crippen LogP contribution in [0.5, 0.6) is 0 Å². The molecule has 1 N–H and O–H groups in total. The zero-order valence-electron chi connectivity index (χ0n) is 24.4. The molecule has 0 aromatic heterocycles. The minimum Gasteiger partial charge on any atom is -0.313 e. The van der Waals surface area contributed by atoms with Crippen molar-refractivity contribution in [3.63, 3.8) is 0 Å². The third kappa shape index (κ3) is 9.78. The smallest absolute Gasteiger partial charge is 0.0205 e. The lowest BCUT2D eigenvalue weighted by Crippen LogP contribution is -2.14. The molecule has 0 fully saturated rings. The molecule has 0 saturated carbocycles. The summed E-state index contributed by atoms with van der Waals surface area (Å²) in [7, 11) is 0. The van der Waals surface area contributed by atoms with Crippen LogP contribution < -0.4 is 5.32 Å². The summed E-state index contributed by atoms with van der Waals surface area (Å²) in [5, 5.41) is 3.59.